The van der Waals surface area contributed by atoms with Crippen molar-refractivity contribution >= 4 is 43.4 Å². The predicted octanol–water partition coefficient (Wildman–Crippen LogP) is 9.18. The Bertz CT molecular complexity index is 2090. The number of para-hydroxylation sites is 2. The van der Waals surface area contributed by atoms with Gasteiger partial charge in [0.2, 0.25) is 0 Å². The van der Waals surface area contributed by atoms with E-state index >= 15 is 0 Å². The Kier molecular flexibility index (Phi) is 5.28. The number of rotatable bonds is 4. The summed E-state index contributed by atoms with van der Waals surface area (Å²) in [4.78, 5) is 15.1. The van der Waals surface area contributed by atoms with Crippen molar-refractivity contribution < 1.29 is 0 Å². The summed E-state index contributed by atoms with van der Waals surface area (Å²) in [6.07, 6.45) is 0. The molecule has 4 nitrogen and oxygen atoms in total. The van der Waals surface area contributed by atoms with Crippen molar-refractivity contribution in [2.45, 2.75) is 0 Å². The highest BCUT2D eigenvalue weighted by molar-refractivity contribution is 7.21. The second-order valence-corrected chi connectivity index (χ2v) is 10.8. The summed E-state index contributed by atoms with van der Waals surface area (Å²) in [5.74, 6) is 0.641. The molecule has 0 aliphatic carbocycles. The van der Waals surface area contributed by atoms with Crippen LogP contribution in [0.2, 0.25) is 0 Å². The second-order valence-electron chi connectivity index (χ2n) is 9.74. The van der Waals surface area contributed by atoms with E-state index in [-0.39, 0.29) is 0 Å². The molecule has 3 heterocycles. The van der Waals surface area contributed by atoms with Crippen molar-refractivity contribution in [1.29, 1.82) is 0 Å². The second kappa shape index (κ2) is 9.26. The molecular formula is C35H22N4S. The summed E-state index contributed by atoms with van der Waals surface area (Å²) in [7, 11) is 0. The zero-order valence-electron chi connectivity index (χ0n) is 21.4. The number of hydrogen-bond donors (Lipinski definition) is 0. The molecule has 0 saturated carbocycles. The monoisotopic (exact) mass is 530 g/mol. The molecule has 8 aromatic rings. The van der Waals surface area contributed by atoms with Crippen LogP contribution in [0.15, 0.2) is 133 Å². The summed E-state index contributed by atoms with van der Waals surface area (Å²) in [6.45, 7) is 0. The first-order chi connectivity index (χ1) is 19.8. The molecule has 0 amide bonds. The van der Waals surface area contributed by atoms with Gasteiger partial charge < -0.3 is 4.57 Å². The van der Waals surface area contributed by atoms with Crippen molar-refractivity contribution in [3.8, 4) is 39.0 Å². The van der Waals surface area contributed by atoms with E-state index in [0.717, 1.165) is 43.4 Å². The molecule has 0 unspecified atom stereocenters. The van der Waals surface area contributed by atoms with Gasteiger partial charge in [-0.25, -0.2) is 15.0 Å². The van der Waals surface area contributed by atoms with Gasteiger partial charge in [-0.3, -0.25) is 0 Å². The maximum atomic E-state index is 5.08. The molecule has 3 aromatic heterocycles. The first kappa shape index (κ1) is 22.8. The van der Waals surface area contributed by atoms with Crippen molar-refractivity contribution in [1.82, 2.24) is 19.5 Å². The van der Waals surface area contributed by atoms with Crippen LogP contribution in [-0.4, -0.2) is 19.5 Å². The summed E-state index contributed by atoms with van der Waals surface area (Å²) in [5, 5.41) is 3.22. The fraction of sp³-hybridized carbons (Fsp3) is 0. The van der Waals surface area contributed by atoms with Crippen LogP contribution < -0.4 is 0 Å². The van der Waals surface area contributed by atoms with Gasteiger partial charge in [0.25, 0.3) is 0 Å². The Morgan fingerprint density at radius 2 is 1.10 bits per heavy atom. The SMILES string of the molecule is c1ccc(-c2cc(-c3ccccc3)nc(-c3nc4cc5c6ccccc6n(-c6ccccc6)c5cc4s3)n2)cc1. The smallest absolute Gasteiger partial charge is 0.189 e. The van der Waals surface area contributed by atoms with Gasteiger partial charge in [-0.15, -0.1) is 11.3 Å². The lowest BCUT2D eigenvalue weighted by Crippen LogP contribution is -1.95. The van der Waals surface area contributed by atoms with Crippen LogP contribution in [0.4, 0.5) is 0 Å². The minimum Gasteiger partial charge on any atom is -0.309 e. The zero-order valence-corrected chi connectivity index (χ0v) is 22.2. The van der Waals surface area contributed by atoms with E-state index < -0.39 is 0 Å². The average Bonchev–Trinajstić information content (AvgIpc) is 3.59. The summed E-state index contributed by atoms with van der Waals surface area (Å²) in [5.41, 5.74) is 8.33. The van der Waals surface area contributed by atoms with Crippen molar-refractivity contribution in [3.63, 3.8) is 0 Å². The first-order valence-corrected chi connectivity index (χ1v) is 14.0. The Morgan fingerprint density at radius 3 is 1.77 bits per heavy atom. The van der Waals surface area contributed by atoms with Gasteiger partial charge >= 0.3 is 0 Å². The van der Waals surface area contributed by atoms with E-state index in [9.17, 15) is 0 Å². The number of benzene rings is 5. The highest BCUT2D eigenvalue weighted by atomic mass is 32.1. The van der Waals surface area contributed by atoms with E-state index in [1.165, 1.54) is 21.8 Å². The number of aromatic nitrogens is 4. The molecule has 8 rings (SSSR count). The largest absolute Gasteiger partial charge is 0.309 e. The lowest BCUT2D eigenvalue weighted by Gasteiger charge is -2.07. The van der Waals surface area contributed by atoms with Crippen molar-refractivity contribution in [3.05, 3.63) is 133 Å². The van der Waals surface area contributed by atoms with E-state index in [1.807, 2.05) is 36.4 Å². The Hall–Kier alpha value is -5.13. The molecule has 0 bridgehead atoms. The highest BCUT2D eigenvalue weighted by Gasteiger charge is 2.18. The molecule has 0 aliphatic rings. The topological polar surface area (TPSA) is 43.6 Å². The minimum atomic E-state index is 0.641. The van der Waals surface area contributed by atoms with Gasteiger partial charge in [-0.1, -0.05) is 97.1 Å². The highest BCUT2D eigenvalue weighted by Crippen LogP contribution is 2.38. The standard InChI is InChI=1S/C35H22N4S/c1-4-12-23(13-5-1)28-21-29(24-14-6-2-7-15-24)37-34(36-28)35-38-30-20-27-26-18-10-11-19-31(26)39(25-16-8-3-9-17-25)32(27)22-33(30)40-35/h1-22H. The van der Waals surface area contributed by atoms with Crippen molar-refractivity contribution in [2.75, 3.05) is 0 Å². The molecule has 0 radical (unpaired) electrons. The lowest BCUT2D eigenvalue weighted by molar-refractivity contribution is 1.17. The van der Waals surface area contributed by atoms with Crippen LogP contribution in [0.1, 0.15) is 0 Å². The number of thiazole rings is 1. The average molecular weight is 531 g/mol. The normalized spacial score (nSPS) is 11.5. The van der Waals surface area contributed by atoms with Gasteiger partial charge in [0.1, 0.15) is 0 Å². The molecule has 0 aliphatic heterocycles. The Balaban J connectivity index is 1.35. The Morgan fingerprint density at radius 1 is 0.500 bits per heavy atom. The third-order valence-corrected chi connectivity index (χ3v) is 8.27. The van der Waals surface area contributed by atoms with Crippen LogP contribution >= 0.6 is 11.3 Å². The third-order valence-electron chi connectivity index (χ3n) is 7.25. The molecule has 0 fully saturated rings. The van der Waals surface area contributed by atoms with Crippen LogP contribution in [0.5, 0.6) is 0 Å². The molecule has 0 atom stereocenters. The van der Waals surface area contributed by atoms with Crippen molar-refractivity contribution in [2.24, 2.45) is 0 Å². The molecule has 40 heavy (non-hydrogen) atoms. The summed E-state index contributed by atoms with van der Waals surface area (Å²) in [6, 6.07) is 46.2. The Labute approximate surface area is 234 Å². The molecule has 188 valence electrons. The van der Waals surface area contributed by atoms with E-state index in [1.54, 1.807) is 11.3 Å². The fourth-order valence-corrected chi connectivity index (χ4v) is 6.31. The molecule has 5 heteroatoms. The van der Waals surface area contributed by atoms with Gasteiger partial charge in [-0.05, 0) is 36.4 Å². The molecular weight excluding hydrogens is 508 g/mol. The summed E-state index contributed by atoms with van der Waals surface area (Å²) < 4.78 is 3.45. The summed E-state index contributed by atoms with van der Waals surface area (Å²) >= 11 is 1.64. The number of fused-ring (bicyclic) bond motifs is 4. The number of nitrogens with zero attached hydrogens (tertiary/aromatic N) is 4. The van der Waals surface area contributed by atoms with Crippen LogP contribution in [0.25, 0.3) is 71.1 Å². The molecule has 0 spiro atoms. The maximum Gasteiger partial charge on any atom is 0.189 e. The fourth-order valence-electron chi connectivity index (χ4n) is 5.40. The lowest BCUT2D eigenvalue weighted by atomic mass is 10.1. The quantitative estimate of drug-likeness (QED) is 0.228. The maximum absolute atomic E-state index is 5.08. The minimum absolute atomic E-state index is 0.641. The van der Waals surface area contributed by atoms with Crippen LogP contribution in [-0.2, 0) is 0 Å². The molecule has 5 aromatic carbocycles. The van der Waals surface area contributed by atoms with Crippen LogP contribution in [0.3, 0.4) is 0 Å². The predicted molar refractivity (Wildman–Crippen MR) is 166 cm³/mol. The van der Waals surface area contributed by atoms with Gasteiger partial charge in [0.15, 0.2) is 10.8 Å². The molecule has 0 saturated heterocycles. The van der Waals surface area contributed by atoms with Gasteiger partial charge in [0, 0.05) is 27.6 Å². The molecule has 0 N–H and O–H groups in total. The zero-order chi connectivity index (χ0) is 26.5. The van der Waals surface area contributed by atoms with E-state index in [2.05, 4.69) is 102 Å². The van der Waals surface area contributed by atoms with Crippen LogP contribution in [0, 0.1) is 0 Å². The first-order valence-electron chi connectivity index (χ1n) is 13.2. The van der Waals surface area contributed by atoms with Gasteiger partial charge in [0.05, 0.1) is 32.6 Å². The van der Waals surface area contributed by atoms with E-state index in [4.69, 9.17) is 15.0 Å². The van der Waals surface area contributed by atoms with E-state index in [0.29, 0.717) is 5.82 Å². The van der Waals surface area contributed by atoms with Gasteiger partial charge in [-0.2, -0.15) is 0 Å². The number of hydrogen-bond acceptors (Lipinski definition) is 4. The third kappa shape index (κ3) is 3.79.